The molecular weight excluding hydrogens is 304 g/mol. The van der Waals surface area contributed by atoms with Crippen LogP contribution in [0.3, 0.4) is 0 Å². The van der Waals surface area contributed by atoms with Crippen molar-refractivity contribution >= 4 is 11.6 Å². The van der Waals surface area contributed by atoms with Crippen molar-refractivity contribution < 1.29 is 14.3 Å². The third kappa shape index (κ3) is 4.49. The van der Waals surface area contributed by atoms with Gasteiger partial charge in [-0.2, -0.15) is 5.10 Å². The summed E-state index contributed by atoms with van der Waals surface area (Å²) >= 11 is 0. The van der Waals surface area contributed by atoms with Crippen molar-refractivity contribution in [3.8, 4) is 11.5 Å². The normalized spacial score (nSPS) is 25.0. The number of methoxy groups -OCH3 is 1. The van der Waals surface area contributed by atoms with Crippen LogP contribution >= 0.6 is 0 Å². The Morgan fingerprint density at radius 1 is 1.12 bits per heavy atom. The Kier molecular flexibility index (Phi) is 5.72. The molecule has 24 heavy (non-hydrogen) atoms. The molecule has 1 aromatic carbocycles. The summed E-state index contributed by atoms with van der Waals surface area (Å²) in [5, 5.41) is 4.33. The van der Waals surface area contributed by atoms with Gasteiger partial charge in [0.15, 0.2) is 6.61 Å². The standard InChI is InChI=1S/C19H26N2O3/c1-23-17-8-10-18(11-9-17)24-13-19(22)21-20-16-7-6-14-4-2-3-5-15(14)12-16/h8-11,14-15H,2-7,12-13H2,1H3,(H,21,22)/b20-16-/t14-,15-/m0/s1. The van der Waals surface area contributed by atoms with E-state index in [1.807, 2.05) is 0 Å². The zero-order valence-corrected chi connectivity index (χ0v) is 14.3. The first-order valence-corrected chi connectivity index (χ1v) is 8.85. The highest BCUT2D eigenvalue weighted by atomic mass is 16.5. The van der Waals surface area contributed by atoms with E-state index in [9.17, 15) is 4.79 Å². The second kappa shape index (κ2) is 8.18. The van der Waals surface area contributed by atoms with Gasteiger partial charge < -0.3 is 9.47 Å². The Hall–Kier alpha value is -2.04. The zero-order chi connectivity index (χ0) is 16.8. The number of carbonyl (C=O) groups excluding carboxylic acids is 1. The Bertz CT molecular complexity index is 583. The molecule has 2 aliphatic rings. The quantitative estimate of drug-likeness (QED) is 0.840. The van der Waals surface area contributed by atoms with Gasteiger partial charge in [-0.05, 0) is 61.8 Å². The molecule has 130 valence electrons. The van der Waals surface area contributed by atoms with E-state index >= 15 is 0 Å². The number of hydrogen-bond acceptors (Lipinski definition) is 4. The van der Waals surface area contributed by atoms with Gasteiger partial charge in [0.25, 0.3) is 5.91 Å². The summed E-state index contributed by atoms with van der Waals surface area (Å²) in [5.74, 6) is 2.84. The maximum atomic E-state index is 11.9. The fourth-order valence-electron chi connectivity index (χ4n) is 3.79. The molecule has 0 heterocycles. The largest absolute Gasteiger partial charge is 0.497 e. The molecule has 3 rings (SSSR count). The number of nitrogens with one attached hydrogen (secondary N) is 1. The lowest BCUT2D eigenvalue weighted by Crippen LogP contribution is -2.31. The molecular formula is C19H26N2O3. The van der Waals surface area contributed by atoms with Crippen LogP contribution in [-0.4, -0.2) is 25.3 Å². The van der Waals surface area contributed by atoms with Crippen molar-refractivity contribution in [1.29, 1.82) is 0 Å². The summed E-state index contributed by atoms with van der Waals surface area (Å²) in [7, 11) is 1.61. The van der Waals surface area contributed by atoms with Crippen LogP contribution in [0.1, 0.15) is 44.9 Å². The lowest BCUT2D eigenvalue weighted by Gasteiger charge is -2.35. The van der Waals surface area contributed by atoms with Gasteiger partial charge >= 0.3 is 0 Å². The molecule has 0 unspecified atom stereocenters. The molecule has 5 heteroatoms. The lowest BCUT2D eigenvalue weighted by molar-refractivity contribution is -0.123. The van der Waals surface area contributed by atoms with Crippen molar-refractivity contribution in [3.05, 3.63) is 24.3 Å². The number of rotatable bonds is 5. The number of hydrogen-bond donors (Lipinski definition) is 1. The Morgan fingerprint density at radius 3 is 2.58 bits per heavy atom. The second-order valence-electron chi connectivity index (χ2n) is 6.72. The van der Waals surface area contributed by atoms with E-state index in [1.165, 1.54) is 32.1 Å². The van der Waals surface area contributed by atoms with E-state index in [2.05, 4.69) is 10.5 Å². The minimum atomic E-state index is -0.218. The smallest absolute Gasteiger partial charge is 0.277 e. The molecule has 0 bridgehead atoms. The van der Waals surface area contributed by atoms with Crippen LogP contribution in [0.25, 0.3) is 0 Å². The first-order valence-electron chi connectivity index (χ1n) is 8.85. The summed E-state index contributed by atoms with van der Waals surface area (Å²) in [4.78, 5) is 11.9. The fraction of sp³-hybridized carbons (Fsp3) is 0.579. The summed E-state index contributed by atoms with van der Waals surface area (Å²) in [5.41, 5.74) is 3.78. The Labute approximate surface area is 143 Å². The van der Waals surface area contributed by atoms with E-state index in [1.54, 1.807) is 31.4 Å². The minimum absolute atomic E-state index is 0.0326. The lowest BCUT2D eigenvalue weighted by atomic mass is 9.70. The summed E-state index contributed by atoms with van der Waals surface area (Å²) in [6.45, 7) is -0.0326. The molecule has 2 aliphatic carbocycles. The number of carbonyl (C=O) groups is 1. The van der Waals surface area contributed by atoms with Crippen LogP contribution in [0, 0.1) is 11.8 Å². The van der Waals surface area contributed by atoms with Gasteiger partial charge in [0, 0.05) is 5.71 Å². The molecule has 0 radical (unpaired) electrons. The SMILES string of the molecule is COc1ccc(OCC(=O)N/N=C2/CC[C@@H]3CCCC[C@H]3C2)cc1. The van der Waals surface area contributed by atoms with Gasteiger partial charge in [0.2, 0.25) is 0 Å². The van der Waals surface area contributed by atoms with Gasteiger partial charge in [0.1, 0.15) is 11.5 Å². The summed E-state index contributed by atoms with van der Waals surface area (Å²) in [6, 6.07) is 7.16. The van der Waals surface area contributed by atoms with E-state index < -0.39 is 0 Å². The monoisotopic (exact) mass is 330 g/mol. The van der Waals surface area contributed by atoms with Gasteiger partial charge in [-0.15, -0.1) is 0 Å². The molecule has 0 aromatic heterocycles. The van der Waals surface area contributed by atoms with Gasteiger partial charge in [-0.3, -0.25) is 4.79 Å². The highest BCUT2D eigenvalue weighted by molar-refractivity contribution is 5.87. The van der Waals surface area contributed by atoms with Crippen LogP contribution in [0.2, 0.25) is 0 Å². The maximum absolute atomic E-state index is 11.9. The molecule has 2 fully saturated rings. The predicted octanol–water partition coefficient (Wildman–Crippen LogP) is 3.54. The van der Waals surface area contributed by atoms with Crippen LogP contribution in [0.15, 0.2) is 29.4 Å². The van der Waals surface area contributed by atoms with Crippen molar-refractivity contribution in [2.75, 3.05) is 13.7 Å². The van der Waals surface area contributed by atoms with Crippen molar-refractivity contribution in [2.24, 2.45) is 16.9 Å². The third-order valence-corrected chi connectivity index (χ3v) is 5.14. The Balaban J connectivity index is 1.43. The molecule has 5 nitrogen and oxygen atoms in total. The van der Waals surface area contributed by atoms with Crippen LogP contribution in [0.4, 0.5) is 0 Å². The van der Waals surface area contributed by atoms with E-state index in [0.29, 0.717) is 5.75 Å². The Morgan fingerprint density at radius 2 is 1.83 bits per heavy atom. The number of fused-ring (bicyclic) bond motifs is 1. The topological polar surface area (TPSA) is 59.9 Å². The van der Waals surface area contributed by atoms with Gasteiger partial charge in [0.05, 0.1) is 7.11 Å². The fourth-order valence-corrected chi connectivity index (χ4v) is 3.79. The maximum Gasteiger partial charge on any atom is 0.277 e. The van der Waals surface area contributed by atoms with E-state index in [-0.39, 0.29) is 12.5 Å². The van der Waals surface area contributed by atoms with Crippen LogP contribution < -0.4 is 14.9 Å². The van der Waals surface area contributed by atoms with Crippen molar-refractivity contribution in [3.63, 3.8) is 0 Å². The minimum Gasteiger partial charge on any atom is -0.497 e. The molecule has 1 N–H and O–H groups in total. The molecule has 0 saturated heterocycles. The molecule has 0 spiro atoms. The number of amides is 1. The molecule has 1 aromatic rings. The van der Waals surface area contributed by atoms with Gasteiger partial charge in [-0.1, -0.05) is 19.3 Å². The average Bonchev–Trinajstić information content (AvgIpc) is 2.65. The number of nitrogens with zero attached hydrogens (tertiary/aromatic N) is 1. The van der Waals surface area contributed by atoms with Crippen molar-refractivity contribution in [1.82, 2.24) is 5.43 Å². The molecule has 0 aliphatic heterocycles. The molecule has 2 saturated carbocycles. The van der Waals surface area contributed by atoms with Crippen LogP contribution in [-0.2, 0) is 4.79 Å². The van der Waals surface area contributed by atoms with E-state index in [0.717, 1.165) is 36.1 Å². The van der Waals surface area contributed by atoms with Crippen molar-refractivity contribution in [2.45, 2.75) is 44.9 Å². The van der Waals surface area contributed by atoms with Crippen LogP contribution in [0.5, 0.6) is 11.5 Å². The first-order chi connectivity index (χ1) is 11.7. The highest BCUT2D eigenvalue weighted by Crippen LogP contribution is 2.39. The second-order valence-corrected chi connectivity index (χ2v) is 6.72. The highest BCUT2D eigenvalue weighted by Gasteiger charge is 2.30. The number of hydrazone groups is 1. The molecule has 1 amide bonds. The zero-order valence-electron chi connectivity index (χ0n) is 14.3. The number of benzene rings is 1. The first kappa shape index (κ1) is 16.8. The average molecular weight is 330 g/mol. The molecule has 2 atom stereocenters. The van der Waals surface area contributed by atoms with Gasteiger partial charge in [-0.25, -0.2) is 5.43 Å². The number of ether oxygens (including phenoxy) is 2. The summed E-state index contributed by atoms with van der Waals surface area (Å²) < 4.78 is 10.5. The predicted molar refractivity (Wildman–Crippen MR) is 93.4 cm³/mol. The summed E-state index contributed by atoms with van der Waals surface area (Å²) in [6.07, 6.45) is 8.70. The van der Waals surface area contributed by atoms with E-state index in [4.69, 9.17) is 9.47 Å². The third-order valence-electron chi connectivity index (χ3n) is 5.14.